The van der Waals surface area contributed by atoms with E-state index in [1.165, 1.54) is 24.8 Å². The van der Waals surface area contributed by atoms with Gasteiger partial charge in [-0.15, -0.1) is 0 Å². The van der Waals surface area contributed by atoms with Gasteiger partial charge >= 0.3 is 0 Å². The van der Waals surface area contributed by atoms with Crippen LogP contribution in [0.1, 0.15) is 47.5 Å². The van der Waals surface area contributed by atoms with Crippen LogP contribution in [-0.2, 0) is 4.79 Å². The zero-order valence-corrected chi connectivity index (χ0v) is 17.1. The molecule has 0 saturated carbocycles. The lowest BCUT2D eigenvalue weighted by Crippen LogP contribution is -2.21. The molecule has 4 aromatic rings. The molecule has 8 heteroatoms. The first-order chi connectivity index (χ1) is 15.0. The maximum Gasteiger partial charge on any atom is 0.257 e. The summed E-state index contributed by atoms with van der Waals surface area (Å²) in [7, 11) is 0. The fourth-order valence-corrected chi connectivity index (χ4v) is 3.35. The second kappa shape index (κ2) is 8.45. The van der Waals surface area contributed by atoms with Crippen molar-refractivity contribution in [3.8, 4) is 0 Å². The van der Waals surface area contributed by atoms with E-state index < -0.39 is 12.0 Å². The number of pyridine rings is 1. The molecule has 1 unspecified atom stereocenters. The highest BCUT2D eigenvalue weighted by atomic mass is 16.3. The zero-order chi connectivity index (χ0) is 22.0. The number of carbonyl (C=O) groups excluding carboxylic acids is 2. The quantitative estimate of drug-likeness (QED) is 0.468. The first kappa shape index (κ1) is 20.4. The number of aliphatic hydroxyl groups is 1. The average Bonchev–Trinajstić information content (AvgIpc) is 3.19. The number of fused-ring (bicyclic) bond motifs is 1. The Balaban J connectivity index is 1.61. The fourth-order valence-electron chi connectivity index (χ4n) is 3.35. The third-order valence-electron chi connectivity index (χ3n) is 4.93. The van der Waals surface area contributed by atoms with E-state index in [-0.39, 0.29) is 11.8 Å². The molecule has 0 aliphatic carbocycles. The van der Waals surface area contributed by atoms with Crippen molar-refractivity contribution in [1.82, 2.24) is 19.5 Å². The molecule has 8 nitrogen and oxygen atoms in total. The molecule has 31 heavy (non-hydrogen) atoms. The van der Waals surface area contributed by atoms with Crippen molar-refractivity contribution in [2.24, 2.45) is 0 Å². The molecule has 3 aromatic heterocycles. The predicted octanol–water partition coefficient (Wildman–Crippen LogP) is 3.31. The highest BCUT2D eigenvalue weighted by Crippen LogP contribution is 2.25. The molecule has 4 rings (SSSR count). The first-order valence-electron chi connectivity index (χ1n) is 9.80. The van der Waals surface area contributed by atoms with Gasteiger partial charge in [-0.3, -0.25) is 14.6 Å². The molecule has 2 N–H and O–H groups in total. The summed E-state index contributed by atoms with van der Waals surface area (Å²) in [5, 5.41) is 13.5. The van der Waals surface area contributed by atoms with E-state index >= 15 is 0 Å². The van der Waals surface area contributed by atoms with Gasteiger partial charge in [0.15, 0.2) is 11.9 Å². The molecule has 0 spiro atoms. The molecule has 0 saturated heterocycles. The third-order valence-corrected chi connectivity index (χ3v) is 4.93. The van der Waals surface area contributed by atoms with Crippen LogP contribution in [0.4, 0.5) is 5.69 Å². The smallest absolute Gasteiger partial charge is 0.257 e. The van der Waals surface area contributed by atoms with E-state index in [9.17, 15) is 14.7 Å². The van der Waals surface area contributed by atoms with E-state index in [2.05, 4.69) is 20.3 Å². The van der Waals surface area contributed by atoms with Gasteiger partial charge in [0.1, 0.15) is 12.0 Å². The van der Waals surface area contributed by atoms with Crippen LogP contribution in [-0.4, -0.2) is 36.3 Å². The summed E-state index contributed by atoms with van der Waals surface area (Å²) in [5.74, 6) is -0.867. The Morgan fingerprint density at radius 3 is 2.58 bits per heavy atom. The number of hydrogen-bond acceptors (Lipinski definition) is 6. The number of amides is 1. The van der Waals surface area contributed by atoms with E-state index in [0.717, 1.165) is 0 Å². The Hall–Kier alpha value is -3.91. The Labute approximate surface area is 178 Å². The van der Waals surface area contributed by atoms with Crippen LogP contribution in [0.15, 0.2) is 67.5 Å². The van der Waals surface area contributed by atoms with Crippen LogP contribution >= 0.6 is 0 Å². The number of benzene rings is 1. The number of carbonyl (C=O) groups is 2. The lowest BCUT2D eigenvalue weighted by atomic mass is 10.1. The van der Waals surface area contributed by atoms with Crippen LogP contribution < -0.4 is 5.32 Å². The largest absolute Gasteiger partial charge is 0.378 e. The van der Waals surface area contributed by atoms with Crippen molar-refractivity contribution in [1.29, 1.82) is 0 Å². The van der Waals surface area contributed by atoms with Crippen LogP contribution in [0.5, 0.6) is 0 Å². The molecule has 156 valence electrons. The van der Waals surface area contributed by atoms with Crippen molar-refractivity contribution in [3.05, 3.63) is 84.2 Å². The second-order valence-corrected chi connectivity index (χ2v) is 7.40. The summed E-state index contributed by atoms with van der Waals surface area (Å²) < 4.78 is 1.92. The zero-order valence-electron chi connectivity index (χ0n) is 17.1. The number of aromatic nitrogens is 4. The topological polar surface area (TPSA) is 110 Å². The molecule has 0 bridgehead atoms. The normalized spacial score (nSPS) is 12.1. The van der Waals surface area contributed by atoms with E-state index in [0.29, 0.717) is 33.4 Å². The summed E-state index contributed by atoms with van der Waals surface area (Å²) in [6.07, 6.45) is 6.36. The minimum Gasteiger partial charge on any atom is -0.378 e. The summed E-state index contributed by atoms with van der Waals surface area (Å²) in [6, 6.07) is 10.3. The molecular formula is C23H21N5O3. The molecule has 0 fully saturated rings. The van der Waals surface area contributed by atoms with Crippen LogP contribution in [0, 0.1) is 0 Å². The minimum absolute atomic E-state index is 0.113. The van der Waals surface area contributed by atoms with E-state index in [4.69, 9.17) is 0 Å². The number of anilines is 1. The van der Waals surface area contributed by atoms with Gasteiger partial charge in [-0.2, -0.15) is 0 Å². The standard InChI is InChI=1S/C23H21N5O3/c1-14(2)28-12-19(18-11-25-13-26-22(18)28)20(29)16-8-17(10-24-9-16)27-23(31)21(30)15-6-4-3-5-7-15/h3-14,21,30H,1-2H3,(H,27,31). The lowest BCUT2D eigenvalue weighted by molar-refractivity contribution is -0.124. The lowest BCUT2D eigenvalue weighted by Gasteiger charge is -2.12. The monoisotopic (exact) mass is 415 g/mol. The van der Waals surface area contributed by atoms with Crippen molar-refractivity contribution < 1.29 is 14.7 Å². The number of ketones is 1. The van der Waals surface area contributed by atoms with Crippen LogP contribution in [0.3, 0.4) is 0 Å². The summed E-state index contributed by atoms with van der Waals surface area (Å²) in [4.78, 5) is 38.1. The molecule has 1 aromatic carbocycles. The second-order valence-electron chi connectivity index (χ2n) is 7.40. The average molecular weight is 415 g/mol. The van der Waals surface area contributed by atoms with E-state index in [1.54, 1.807) is 42.7 Å². The van der Waals surface area contributed by atoms with E-state index in [1.807, 2.05) is 18.4 Å². The summed E-state index contributed by atoms with van der Waals surface area (Å²) in [5.41, 5.74) is 2.23. The SMILES string of the molecule is CC(C)n1cc(C(=O)c2cncc(NC(=O)C(O)c3ccccc3)c2)c2cncnc21. The Morgan fingerprint density at radius 2 is 1.84 bits per heavy atom. The van der Waals surface area contributed by atoms with Gasteiger partial charge in [0, 0.05) is 35.6 Å². The molecule has 0 radical (unpaired) electrons. The van der Waals surface area contributed by atoms with Crippen molar-refractivity contribution in [2.75, 3.05) is 5.32 Å². The van der Waals surface area contributed by atoms with Crippen LogP contribution in [0.25, 0.3) is 11.0 Å². The maximum atomic E-state index is 13.2. The Morgan fingerprint density at radius 1 is 1.06 bits per heavy atom. The molecule has 0 aliphatic rings. The Bertz CT molecular complexity index is 1250. The van der Waals surface area contributed by atoms with Crippen molar-refractivity contribution in [3.63, 3.8) is 0 Å². The number of hydrogen-bond donors (Lipinski definition) is 2. The van der Waals surface area contributed by atoms with Gasteiger partial charge in [0.05, 0.1) is 17.4 Å². The van der Waals surface area contributed by atoms with Gasteiger partial charge in [-0.1, -0.05) is 30.3 Å². The van der Waals surface area contributed by atoms with Crippen molar-refractivity contribution in [2.45, 2.75) is 26.0 Å². The fraction of sp³-hybridized carbons (Fsp3) is 0.174. The number of aliphatic hydroxyl groups excluding tert-OH is 1. The summed E-state index contributed by atoms with van der Waals surface area (Å²) in [6.45, 7) is 4.01. The Kier molecular flexibility index (Phi) is 5.55. The first-order valence-corrected chi connectivity index (χ1v) is 9.80. The van der Waals surface area contributed by atoms with Crippen molar-refractivity contribution >= 4 is 28.4 Å². The number of nitrogens with zero attached hydrogens (tertiary/aromatic N) is 4. The predicted molar refractivity (Wildman–Crippen MR) is 116 cm³/mol. The van der Waals surface area contributed by atoms with Gasteiger partial charge < -0.3 is 15.0 Å². The third kappa shape index (κ3) is 4.06. The highest BCUT2D eigenvalue weighted by Gasteiger charge is 2.21. The molecule has 0 aliphatic heterocycles. The van der Waals surface area contributed by atoms with Gasteiger partial charge in [0.2, 0.25) is 0 Å². The maximum absolute atomic E-state index is 13.2. The van der Waals surface area contributed by atoms with Gasteiger partial charge in [-0.25, -0.2) is 9.97 Å². The van der Waals surface area contributed by atoms with Crippen LogP contribution in [0.2, 0.25) is 0 Å². The van der Waals surface area contributed by atoms with Gasteiger partial charge in [0.25, 0.3) is 5.91 Å². The number of rotatable bonds is 6. The molecule has 1 amide bonds. The highest BCUT2D eigenvalue weighted by molar-refractivity contribution is 6.16. The number of nitrogens with one attached hydrogen (secondary N) is 1. The molecule has 1 atom stereocenters. The van der Waals surface area contributed by atoms with Gasteiger partial charge in [-0.05, 0) is 25.5 Å². The summed E-state index contributed by atoms with van der Waals surface area (Å²) >= 11 is 0. The molecular weight excluding hydrogens is 394 g/mol. The molecule has 3 heterocycles. The minimum atomic E-state index is -1.33.